The van der Waals surface area contributed by atoms with E-state index >= 15 is 0 Å². The number of phenols is 1. The Bertz CT molecular complexity index is 1580. The summed E-state index contributed by atoms with van der Waals surface area (Å²) in [5.74, 6) is 0.255. The van der Waals surface area contributed by atoms with Crippen LogP contribution in [0.5, 0.6) is 17.2 Å². The van der Waals surface area contributed by atoms with Crippen LogP contribution in [0.3, 0.4) is 0 Å². The number of aliphatic hydroxyl groups excluding tert-OH is 1. The van der Waals surface area contributed by atoms with Gasteiger partial charge >= 0.3 is 12.0 Å². The van der Waals surface area contributed by atoms with Crippen molar-refractivity contribution >= 4 is 23.9 Å². The van der Waals surface area contributed by atoms with Crippen molar-refractivity contribution in [2.24, 2.45) is 5.10 Å². The van der Waals surface area contributed by atoms with Crippen molar-refractivity contribution < 1.29 is 43.4 Å². The standard InChI is InChI=1S/C28H29N5O10/c1-4-41-23-11-16(26-25(27(36)40-3)15(2)30-28(37)31-26)5-9-22(23)42-14-24(35)32-29-13-18-7-10-21(43-18)19-12-17(33(38)39)6-8-20(19)34/h5-13,24,26,32,34-35H,4,14H2,1-3H3,(H2,30,31,37)/b29-13-/t24-,26-/m0/s1. The molecule has 0 spiro atoms. The Kier molecular flexibility index (Phi) is 9.47. The Morgan fingerprint density at radius 3 is 2.72 bits per heavy atom. The zero-order valence-electron chi connectivity index (χ0n) is 23.3. The van der Waals surface area contributed by atoms with Crippen LogP contribution in [0.2, 0.25) is 0 Å². The van der Waals surface area contributed by atoms with E-state index < -0.39 is 29.2 Å². The monoisotopic (exact) mass is 595 g/mol. The van der Waals surface area contributed by atoms with Crippen molar-refractivity contribution in [2.45, 2.75) is 26.1 Å². The fourth-order valence-corrected chi connectivity index (χ4v) is 4.21. The van der Waals surface area contributed by atoms with Crippen molar-refractivity contribution in [1.82, 2.24) is 16.1 Å². The summed E-state index contributed by atoms with van der Waals surface area (Å²) in [4.78, 5) is 35.0. The number of nitrogens with zero attached hydrogens (tertiary/aromatic N) is 2. The number of hydrazone groups is 1. The van der Waals surface area contributed by atoms with Crippen LogP contribution < -0.4 is 25.5 Å². The number of benzene rings is 2. The van der Waals surface area contributed by atoms with Crippen molar-refractivity contribution in [3.63, 3.8) is 0 Å². The highest BCUT2D eigenvalue weighted by Gasteiger charge is 2.32. The van der Waals surface area contributed by atoms with Gasteiger partial charge in [-0.3, -0.25) is 15.5 Å². The maximum Gasteiger partial charge on any atom is 0.337 e. The second kappa shape index (κ2) is 13.4. The number of allylic oxidation sites excluding steroid dienone is 1. The molecule has 2 aromatic carbocycles. The molecule has 4 rings (SSSR count). The van der Waals surface area contributed by atoms with Gasteiger partial charge in [-0.05, 0) is 49.7 Å². The Balaban J connectivity index is 1.40. The first kappa shape index (κ1) is 30.4. The van der Waals surface area contributed by atoms with E-state index in [2.05, 4.69) is 21.2 Å². The number of rotatable bonds is 12. The van der Waals surface area contributed by atoms with Crippen LogP contribution in [0.15, 0.2) is 69.3 Å². The van der Waals surface area contributed by atoms with Gasteiger partial charge in [0.15, 0.2) is 17.7 Å². The number of nitro benzene ring substituents is 1. The number of furan rings is 1. The fraction of sp³-hybridized carbons (Fsp3) is 0.250. The molecule has 0 aliphatic carbocycles. The number of urea groups is 1. The van der Waals surface area contributed by atoms with Gasteiger partial charge in [-0.1, -0.05) is 6.07 Å². The molecule has 0 bridgehead atoms. The van der Waals surface area contributed by atoms with E-state index in [-0.39, 0.29) is 40.7 Å². The van der Waals surface area contributed by atoms with Crippen molar-refractivity contribution in [2.75, 3.05) is 20.3 Å². The number of hydrogen-bond donors (Lipinski definition) is 5. The van der Waals surface area contributed by atoms with Crippen LogP contribution in [-0.4, -0.2) is 59.9 Å². The van der Waals surface area contributed by atoms with E-state index in [9.17, 15) is 29.9 Å². The zero-order chi connectivity index (χ0) is 31.1. The molecule has 1 aromatic heterocycles. The van der Waals surface area contributed by atoms with Crippen LogP contribution in [0.25, 0.3) is 11.3 Å². The zero-order valence-corrected chi connectivity index (χ0v) is 23.3. The van der Waals surface area contributed by atoms with Gasteiger partial charge in [0.1, 0.15) is 23.9 Å². The van der Waals surface area contributed by atoms with Gasteiger partial charge in [0.2, 0.25) is 0 Å². The second-order valence-electron chi connectivity index (χ2n) is 9.08. The lowest BCUT2D eigenvalue weighted by atomic mass is 9.95. The van der Waals surface area contributed by atoms with E-state index in [4.69, 9.17) is 18.6 Å². The quantitative estimate of drug-likeness (QED) is 0.0676. The number of esters is 1. The van der Waals surface area contributed by atoms with Crippen molar-refractivity contribution in [1.29, 1.82) is 0 Å². The summed E-state index contributed by atoms with van der Waals surface area (Å²) < 4.78 is 21.9. The molecule has 3 aromatic rings. The van der Waals surface area contributed by atoms with Crippen LogP contribution >= 0.6 is 0 Å². The number of hydrogen-bond acceptors (Lipinski definition) is 12. The molecule has 0 radical (unpaired) electrons. The van der Waals surface area contributed by atoms with Gasteiger partial charge in [0.05, 0.1) is 42.0 Å². The first-order chi connectivity index (χ1) is 20.6. The Morgan fingerprint density at radius 2 is 2.00 bits per heavy atom. The van der Waals surface area contributed by atoms with Crippen LogP contribution in [0.1, 0.15) is 31.2 Å². The fourth-order valence-electron chi connectivity index (χ4n) is 4.21. The molecule has 15 nitrogen and oxygen atoms in total. The average molecular weight is 596 g/mol. The molecule has 1 aliphatic rings. The number of carbonyl (C=O) groups is 2. The van der Waals surface area contributed by atoms with E-state index in [0.29, 0.717) is 29.4 Å². The van der Waals surface area contributed by atoms with Gasteiger partial charge in [-0.15, -0.1) is 0 Å². The number of ether oxygens (including phenoxy) is 3. The lowest BCUT2D eigenvalue weighted by molar-refractivity contribution is -0.384. The molecule has 5 N–H and O–H groups in total. The maximum atomic E-state index is 12.4. The molecule has 1 aliphatic heterocycles. The third-order valence-corrected chi connectivity index (χ3v) is 6.17. The number of non-ortho nitro benzene ring substituents is 1. The largest absolute Gasteiger partial charge is 0.507 e. The SMILES string of the molecule is CCOc1cc([C@@H]2NC(=O)NC(C)=C2C(=O)OC)ccc1OC[C@H](O)N/N=C\c1ccc(-c2cc([N+](=O)[O-])ccc2O)o1. The third-order valence-electron chi connectivity index (χ3n) is 6.17. The summed E-state index contributed by atoms with van der Waals surface area (Å²) >= 11 is 0. The van der Waals surface area contributed by atoms with E-state index in [1.807, 2.05) is 0 Å². The Morgan fingerprint density at radius 1 is 1.21 bits per heavy atom. The molecule has 0 unspecified atom stereocenters. The topological polar surface area (TPSA) is 207 Å². The summed E-state index contributed by atoms with van der Waals surface area (Å²) in [6.07, 6.45) is 0.0179. The summed E-state index contributed by atoms with van der Waals surface area (Å²) in [5.41, 5.74) is 3.56. The summed E-state index contributed by atoms with van der Waals surface area (Å²) in [6.45, 7) is 3.43. The number of amides is 2. The van der Waals surface area contributed by atoms with Gasteiger partial charge < -0.3 is 39.5 Å². The lowest BCUT2D eigenvalue weighted by Crippen LogP contribution is -2.45. The summed E-state index contributed by atoms with van der Waals surface area (Å²) in [6, 6.07) is 10.2. The normalized spacial score (nSPS) is 15.4. The minimum Gasteiger partial charge on any atom is -0.507 e. The van der Waals surface area contributed by atoms with Crippen LogP contribution in [-0.2, 0) is 9.53 Å². The maximum absolute atomic E-state index is 12.4. The molecular formula is C28H29N5O10. The van der Waals surface area contributed by atoms with Gasteiger partial charge in [-0.25, -0.2) is 9.59 Å². The van der Waals surface area contributed by atoms with E-state index in [1.165, 1.54) is 43.7 Å². The molecule has 0 saturated heterocycles. The minimum atomic E-state index is -1.25. The first-order valence-corrected chi connectivity index (χ1v) is 12.9. The summed E-state index contributed by atoms with van der Waals surface area (Å²) in [7, 11) is 1.25. The molecule has 2 heterocycles. The predicted octanol–water partition coefficient (Wildman–Crippen LogP) is 3.08. The Hall–Kier alpha value is -5.57. The highest BCUT2D eigenvalue weighted by molar-refractivity contribution is 5.95. The molecule has 0 fully saturated rings. The van der Waals surface area contributed by atoms with Crippen LogP contribution in [0, 0.1) is 10.1 Å². The van der Waals surface area contributed by atoms with Gasteiger partial charge in [0, 0.05) is 17.8 Å². The molecule has 43 heavy (non-hydrogen) atoms. The van der Waals surface area contributed by atoms with E-state index in [0.717, 1.165) is 0 Å². The smallest absolute Gasteiger partial charge is 0.337 e. The number of aliphatic hydroxyl groups is 1. The van der Waals surface area contributed by atoms with E-state index in [1.54, 1.807) is 32.0 Å². The molecule has 2 amide bonds. The molecule has 15 heteroatoms. The van der Waals surface area contributed by atoms with Gasteiger partial charge in [0.25, 0.3) is 5.69 Å². The number of carbonyl (C=O) groups excluding carboxylic acids is 2. The number of phenolic OH excluding ortho intramolecular Hbond substituents is 1. The molecule has 2 atom stereocenters. The number of aromatic hydroxyl groups is 1. The summed E-state index contributed by atoms with van der Waals surface area (Å²) in [5, 5.41) is 40.6. The number of nitrogens with one attached hydrogen (secondary N) is 3. The Labute approximate surface area is 244 Å². The highest BCUT2D eigenvalue weighted by atomic mass is 16.6. The average Bonchev–Trinajstić information content (AvgIpc) is 3.44. The number of methoxy groups -OCH3 is 1. The van der Waals surface area contributed by atoms with Crippen molar-refractivity contribution in [3.05, 3.63) is 81.2 Å². The second-order valence-corrected chi connectivity index (χ2v) is 9.08. The highest BCUT2D eigenvalue weighted by Crippen LogP contribution is 2.35. The number of nitro groups is 1. The van der Waals surface area contributed by atoms with Crippen molar-refractivity contribution in [3.8, 4) is 28.6 Å². The predicted molar refractivity (Wildman–Crippen MR) is 151 cm³/mol. The first-order valence-electron chi connectivity index (χ1n) is 12.9. The molecule has 0 saturated carbocycles. The van der Waals surface area contributed by atoms with Gasteiger partial charge in [-0.2, -0.15) is 5.10 Å². The minimum absolute atomic E-state index is 0.140. The lowest BCUT2D eigenvalue weighted by Gasteiger charge is -2.28. The third kappa shape index (κ3) is 7.20. The molecular weight excluding hydrogens is 566 g/mol. The molecule has 226 valence electrons. The van der Waals surface area contributed by atoms with Crippen LogP contribution in [0.4, 0.5) is 10.5 Å².